The Balaban J connectivity index is 1.41. The number of likely N-dealkylation sites (tertiary alicyclic amines) is 1. The highest BCUT2D eigenvalue weighted by molar-refractivity contribution is 5.97. The number of hydrogen-bond acceptors (Lipinski definition) is 5. The summed E-state index contributed by atoms with van der Waals surface area (Å²) in [6, 6.07) is 12.1. The highest BCUT2D eigenvalue weighted by Crippen LogP contribution is 2.24. The SMILES string of the molecule is Cc1nc2ccc(C(=O)N3CCC[C@@H](n4nc(-c5ccco5)ccc4=O)C3)cc2[nH]1. The van der Waals surface area contributed by atoms with E-state index in [0.29, 0.717) is 30.1 Å². The number of piperidine rings is 1. The Hall–Kier alpha value is -3.68. The van der Waals surface area contributed by atoms with Crippen molar-refractivity contribution in [1.29, 1.82) is 0 Å². The Morgan fingerprint density at radius 2 is 2.13 bits per heavy atom. The number of rotatable bonds is 3. The van der Waals surface area contributed by atoms with E-state index in [2.05, 4.69) is 15.1 Å². The molecule has 0 unspecified atom stereocenters. The van der Waals surface area contributed by atoms with Crippen LogP contribution >= 0.6 is 0 Å². The normalized spacial score (nSPS) is 16.8. The number of hydrogen-bond donors (Lipinski definition) is 1. The summed E-state index contributed by atoms with van der Waals surface area (Å²) in [5.41, 5.74) is 2.71. The van der Waals surface area contributed by atoms with Crippen LogP contribution in [0, 0.1) is 6.92 Å². The Kier molecular flexibility index (Phi) is 4.46. The molecule has 8 heteroatoms. The lowest BCUT2D eigenvalue weighted by atomic mass is 10.0. The number of aromatic nitrogens is 4. The summed E-state index contributed by atoms with van der Waals surface area (Å²) in [7, 11) is 0. The fourth-order valence-corrected chi connectivity index (χ4v) is 4.03. The summed E-state index contributed by atoms with van der Waals surface area (Å²) in [5, 5.41) is 4.51. The number of benzene rings is 1. The molecule has 5 rings (SSSR count). The Morgan fingerprint density at radius 3 is 2.97 bits per heavy atom. The third-order valence-electron chi connectivity index (χ3n) is 5.48. The van der Waals surface area contributed by atoms with E-state index in [9.17, 15) is 9.59 Å². The first-order chi connectivity index (χ1) is 14.6. The van der Waals surface area contributed by atoms with Crippen molar-refractivity contribution in [3.8, 4) is 11.5 Å². The number of amides is 1. The third-order valence-corrected chi connectivity index (χ3v) is 5.48. The highest BCUT2D eigenvalue weighted by Gasteiger charge is 2.27. The standard InChI is InChI=1S/C22H21N5O3/c1-14-23-17-7-6-15(12-19(17)24-14)22(29)26-10-2-4-16(13-26)27-21(28)9-8-18(25-27)20-5-3-11-30-20/h3,5-9,11-12,16H,2,4,10,13H2,1H3,(H,23,24)/t16-/m1/s1. The minimum absolute atomic E-state index is 0.0518. The van der Waals surface area contributed by atoms with E-state index in [-0.39, 0.29) is 17.5 Å². The van der Waals surface area contributed by atoms with Crippen LogP contribution in [0.1, 0.15) is 35.1 Å². The molecule has 0 saturated carbocycles. The van der Waals surface area contributed by atoms with Crippen LogP contribution in [0.25, 0.3) is 22.5 Å². The first kappa shape index (κ1) is 18.4. The smallest absolute Gasteiger partial charge is 0.267 e. The molecule has 1 aliphatic rings. The topological polar surface area (TPSA) is 97.0 Å². The summed E-state index contributed by atoms with van der Waals surface area (Å²) in [6.45, 7) is 2.98. The first-order valence-electron chi connectivity index (χ1n) is 9.98. The maximum absolute atomic E-state index is 13.1. The number of carbonyl (C=O) groups is 1. The highest BCUT2D eigenvalue weighted by atomic mass is 16.3. The number of H-pyrrole nitrogens is 1. The van der Waals surface area contributed by atoms with Crippen LogP contribution in [-0.2, 0) is 0 Å². The van der Waals surface area contributed by atoms with Crippen molar-refractivity contribution in [3.63, 3.8) is 0 Å². The van der Waals surface area contributed by atoms with Gasteiger partial charge in [0.2, 0.25) is 0 Å². The fourth-order valence-electron chi connectivity index (χ4n) is 4.03. The van der Waals surface area contributed by atoms with Gasteiger partial charge < -0.3 is 14.3 Å². The van der Waals surface area contributed by atoms with Gasteiger partial charge in [-0.1, -0.05) is 0 Å². The summed E-state index contributed by atoms with van der Waals surface area (Å²) in [6.07, 6.45) is 3.17. The lowest BCUT2D eigenvalue weighted by Gasteiger charge is -2.33. The molecule has 0 radical (unpaired) electrons. The Morgan fingerprint density at radius 1 is 1.23 bits per heavy atom. The van der Waals surface area contributed by atoms with Crippen molar-refractivity contribution in [1.82, 2.24) is 24.6 Å². The van der Waals surface area contributed by atoms with Gasteiger partial charge in [0.05, 0.1) is 23.3 Å². The average Bonchev–Trinajstić information content (AvgIpc) is 3.42. The van der Waals surface area contributed by atoms with Crippen molar-refractivity contribution >= 4 is 16.9 Å². The van der Waals surface area contributed by atoms with Crippen LogP contribution in [0.5, 0.6) is 0 Å². The van der Waals surface area contributed by atoms with E-state index in [0.717, 1.165) is 29.7 Å². The van der Waals surface area contributed by atoms with Crippen LogP contribution in [-0.4, -0.2) is 43.6 Å². The molecule has 4 heterocycles. The van der Waals surface area contributed by atoms with E-state index in [1.165, 1.54) is 10.7 Å². The molecule has 0 bridgehead atoms. The molecule has 1 aromatic carbocycles. The predicted molar refractivity (Wildman–Crippen MR) is 111 cm³/mol. The van der Waals surface area contributed by atoms with Crippen molar-refractivity contribution in [2.75, 3.05) is 13.1 Å². The van der Waals surface area contributed by atoms with E-state index in [1.807, 2.05) is 19.1 Å². The van der Waals surface area contributed by atoms with Crippen molar-refractivity contribution in [3.05, 3.63) is 70.5 Å². The molecule has 152 valence electrons. The summed E-state index contributed by atoms with van der Waals surface area (Å²) in [4.78, 5) is 35.0. The minimum Gasteiger partial charge on any atom is -0.463 e. The van der Waals surface area contributed by atoms with Crippen molar-refractivity contribution in [2.24, 2.45) is 0 Å². The molecule has 4 aromatic rings. The molecule has 1 N–H and O–H groups in total. The van der Waals surface area contributed by atoms with Crippen molar-refractivity contribution in [2.45, 2.75) is 25.8 Å². The molecule has 1 fully saturated rings. The first-order valence-corrected chi connectivity index (χ1v) is 9.98. The zero-order chi connectivity index (χ0) is 20.7. The van der Waals surface area contributed by atoms with Gasteiger partial charge in [0.25, 0.3) is 11.5 Å². The lowest BCUT2D eigenvalue weighted by molar-refractivity contribution is 0.0670. The van der Waals surface area contributed by atoms with Gasteiger partial charge in [-0.05, 0) is 56.2 Å². The second-order valence-corrected chi connectivity index (χ2v) is 7.58. The molecule has 1 saturated heterocycles. The maximum atomic E-state index is 13.1. The molecule has 1 amide bonds. The van der Waals surface area contributed by atoms with Crippen LogP contribution in [0.2, 0.25) is 0 Å². The number of aromatic amines is 1. The molecule has 8 nitrogen and oxygen atoms in total. The van der Waals surface area contributed by atoms with Gasteiger partial charge in [0.15, 0.2) is 5.76 Å². The number of furan rings is 1. The second kappa shape index (κ2) is 7.29. The number of nitrogens with zero attached hydrogens (tertiary/aromatic N) is 4. The molecule has 3 aromatic heterocycles. The molecular formula is C22H21N5O3. The molecule has 0 spiro atoms. The number of nitrogens with one attached hydrogen (secondary N) is 1. The molecule has 1 aliphatic heterocycles. The van der Waals surface area contributed by atoms with Gasteiger partial charge >= 0.3 is 0 Å². The van der Waals surface area contributed by atoms with Gasteiger partial charge in [-0.25, -0.2) is 9.67 Å². The third kappa shape index (κ3) is 3.30. The summed E-state index contributed by atoms with van der Waals surface area (Å²) in [5.74, 6) is 1.37. The van der Waals surface area contributed by atoms with Crippen LogP contribution in [0.15, 0.2) is 57.9 Å². The van der Waals surface area contributed by atoms with Gasteiger partial charge in [-0.2, -0.15) is 5.10 Å². The van der Waals surface area contributed by atoms with Crippen molar-refractivity contribution < 1.29 is 9.21 Å². The fraction of sp³-hybridized carbons (Fsp3) is 0.273. The molecule has 0 aliphatic carbocycles. The predicted octanol–water partition coefficient (Wildman–Crippen LogP) is 3.17. The Bertz CT molecular complexity index is 1270. The minimum atomic E-state index is -0.182. The molecular weight excluding hydrogens is 382 g/mol. The van der Waals surface area contributed by atoms with Gasteiger partial charge in [-0.15, -0.1) is 0 Å². The van der Waals surface area contributed by atoms with Crippen LogP contribution < -0.4 is 5.56 Å². The Labute approximate surface area is 172 Å². The largest absolute Gasteiger partial charge is 0.463 e. The number of imidazole rings is 1. The van der Waals surface area contributed by atoms with Gasteiger partial charge in [-0.3, -0.25) is 9.59 Å². The second-order valence-electron chi connectivity index (χ2n) is 7.58. The molecule has 30 heavy (non-hydrogen) atoms. The molecule has 1 atom stereocenters. The summed E-state index contributed by atoms with van der Waals surface area (Å²) < 4.78 is 6.89. The van der Waals surface area contributed by atoms with Gasteiger partial charge in [0.1, 0.15) is 11.5 Å². The number of fused-ring (bicyclic) bond motifs is 1. The zero-order valence-corrected chi connectivity index (χ0v) is 16.5. The van der Waals surface area contributed by atoms with E-state index in [1.54, 1.807) is 35.4 Å². The number of carbonyl (C=O) groups excluding carboxylic acids is 1. The zero-order valence-electron chi connectivity index (χ0n) is 16.5. The quantitative estimate of drug-likeness (QED) is 0.567. The van der Waals surface area contributed by atoms with Crippen LogP contribution in [0.3, 0.4) is 0 Å². The number of aryl methyl sites for hydroxylation is 1. The lowest BCUT2D eigenvalue weighted by Crippen LogP contribution is -2.43. The van der Waals surface area contributed by atoms with E-state index >= 15 is 0 Å². The van der Waals surface area contributed by atoms with Gasteiger partial charge in [0, 0.05) is 24.7 Å². The van der Waals surface area contributed by atoms with E-state index < -0.39 is 0 Å². The average molecular weight is 403 g/mol. The monoisotopic (exact) mass is 403 g/mol. The maximum Gasteiger partial charge on any atom is 0.267 e. The van der Waals surface area contributed by atoms with Crippen LogP contribution in [0.4, 0.5) is 0 Å². The summed E-state index contributed by atoms with van der Waals surface area (Å²) >= 11 is 0. The van der Waals surface area contributed by atoms with E-state index in [4.69, 9.17) is 4.42 Å².